The second kappa shape index (κ2) is 3.82. The number of rotatable bonds is 2. The molecule has 0 amide bonds. The quantitative estimate of drug-likeness (QED) is 0.655. The van der Waals surface area contributed by atoms with Crippen LogP contribution < -0.4 is 0 Å². The van der Waals surface area contributed by atoms with Crippen molar-refractivity contribution in [2.24, 2.45) is 0 Å². The van der Waals surface area contributed by atoms with Crippen molar-refractivity contribution in [3.8, 4) is 0 Å². The Morgan fingerprint density at radius 3 is 3.00 bits per heavy atom. The maximum absolute atomic E-state index is 11.5. The highest BCUT2D eigenvalue weighted by atomic mass is 16.1. The van der Waals surface area contributed by atoms with Crippen molar-refractivity contribution < 1.29 is 4.79 Å². The van der Waals surface area contributed by atoms with E-state index in [0.29, 0.717) is 5.78 Å². The zero-order chi connectivity index (χ0) is 9.97. The molecule has 2 heteroatoms. The lowest BCUT2D eigenvalue weighted by Crippen LogP contribution is -2.07. The molecule has 1 aromatic rings. The van der Waals surface area contributed by atoms with Gasteiger partial charge in [-0.15, -0.1) is 0 Å². The molecular formula is C12H15NO. The van der Waals surface area contributed by atoms with Gasteiger partial charge in [-0.05, 0) is 25.3 Å². The number of fused-ring (bicyclic) bond motifs is 1. The van der Waals surface area contributed by atoms with Crippen LogP contribution in [-0.2, 0) is 13.0 Å². The van der Waals surface area contributed by atoms with Crippen LogP contribution in [0.3, 0.4) is 0 Å². The van der Waals surface area contributed by atoms with Gasteiger partial charge in [0.05, 0.1) is 0 Å². The summed E-state index contributed by atoms with van der Waals surface area (Å²) in [5.41, 5.74) is 2.17. The summed E-state index contributed by atoms with van der Waals surface area (Å²) in [6.07, 6.45) is 11.0. The van der Waals surface area contributed by atoms with Gasteiger partial charge in [0.2, 0.25) is 0 Å². The smallest absolute Gasteiger partial charge is 0.164 e. The summed E-state index contributed by atoms with van der Waals surface area (Å²) in [5, 5.41) is 0. The molecule has 2 rings (SSSR count). The van der Waals surface area contributed by atoms with E-state index in [9.17, 15) is 4.79 Å². The summed E-state index contributed by atoms with van der Waals surface area (Å²) >= 11 is 0. The van der Waals surface area contributed by atoms with Gasteiger partial charge in [-0.1, -0.05) is 12.2 Å². The fourth-order valence-electron chi connectivity index (χ4n) is 1.91. The monoisotopic (exact) mass is 189 g/mol. The Bertz CT molecular complexity index is 374. The molecule has 1 aliphatic rings. The highest BCUT2D eigenvalue weighted by molar-refractivity contribution is 5.98. The van der Waals surface area contributed by atoms with E-state index in [2.05, 4.69) is 16.8 Å². The fraction of sp³-hybridized carbons (Fsp3) is 0.417. The number of carbonyl (C=O) groups is 1. The van der Waals surface area contributed by atoms with Crippen LogP contribution in [0.25, 0.3) is 0 Å². The molecule has 0 bridgehead atoms. The molecule has 0 fully saturated rings. The van der Waals surface area contributed by atoms with Crippen LogP contribution in [0.1, 0.15) is 35.7 Å². The number of Topliss-reactive ketones (excluding diaryl/α,β-unsaturated/α-hetero) is 1. The largest absolute Gasteiger partial charge is 0.349 e. The molecule has 74 valence electrons. The van der Waals surface area contributed by atoms with Crippen LogP contribution in [-0.4, -0.2) is 10.4 Å². The van der Waals surface area contributed by atoms with Gasteiger partial charge in [-0.25, -0.2) is 0 Å². The molecule has 0 aromatic carbocycles. The molecule has 0 N–H and O–H groups in total. The van der Waals surface area contributed by atoms with Gasteiger partial charge >= 0.3 is 0 Å². The number of hydrogen-bond donors (Lipinski definition) is 0. The second-order valence-electron chi connectivity index (χ2n) is 3.74. The number of hydrogen-bond acceptors (Lipinski definition) is 1. The molecule has 0 saturated carbocycles. The first-order chi connectivity index (χ1) is 6.81. The van der Waals surface area contributed by atoms with Crippen molar-refractivity contribution in [2.45, 2.75) is 32.7 Å². The maximum atomic E-state index is 11.5. The van der Waals surface area contributed by atoms with E-state index in [1.165, 1.54) is 5.56 Å². The molecule has 0 saturated heterocycles. The molecule has 1 aliphatic carbocycles. The zero-order valence-corrected chi connectivity index (χ0v) is 8.49. The number of aromatic nitrogens is 1. The molecular weight excluding hydrogens is 174 g/mol. The van der Waals surface area contributed by atoms with Crippen molar-refractivity contribution >= 4 is 5.78 Å². The highest BCUT2D eigenvalue weighted by Crippen LogP contribution is 2.21. The lowest BCUT2D eigenvalue weighted by atomic mass is 9.95. The molecule has 0 unspecified atom stereocenters. The third kappa shape index (κ3) is 1.65. The molecule has 0 radical (unpaired) electrons. The van der Waals surface area contributed by atoms with E-state index in [0.717, 1.165) is 31.4 Å². The minimum atomic E-state index is 0.311. The van der Waals surface area contributed by atoms with Crippen LogP contribution >= 0.6 is 0 Å². The lowest BCUT2D eigenvalue weighted by molar-refractivity contribution is 0.0973. The standard InChI is InChI=1S/C12H15NO/c1-2-3-7-13-8-10-5-4-6-12(14)11(10)9-13/h2-3,8-9H,4-7H2,1H3/b3-2+. The van der Waals surface area contributed by atoms with E-state index in [1.807, 2.05) is 19.2 Å². The van der Waals surface area contributed by atoms with Crippen molar-refractivity contribution in [1.82, 2.24) is 4.57 Å². The average Bonchev–Trinajstić information content (AvgIpc) is 2.59. The van der Waals surface area contributed by atoms with E-state index < -0.39 is 0 Å². The summed E-state index contributed by atoms with van der Waals surface area (Å²) in [7, 11) is 0. The van der Waals surface area contributed by atoms with Crippen LogP contribution in [0.15, 0.2) is 24.5 Å². The van der Waals surface area contributed by atoms with E-state index in [-0.39, 0.29) is 0 Å². The molecule has 1 heterocycles. The molecule has 0 atom stereocenters. The van der Waals surface area contributed by atoms with Crippen LogP contribution in [0.2, 0.25) is 0 Å². The molecule has 1 aromatic heterocycles. The van der Waals surface area contributed by atoms with Gasteiger partial charge in [0.25, 0.3) is 0 Å². The summed E-state index contributed by atoms with van der Waals surface area (Å²) < 4.78 is 2.09. The molecule has 0 aliphatic heterocycles. The summed E-state index contributed by atoms with van der Waals surface area (Å²) in [6, 6.07) is 0. The van der Waals surface area contributed by atoms with Crippen molar-refractivity contribution in [2.75, 3.05) is 0 Å². The number of nitrogens with zero attached hydrogens (tertiary/aromatic N) is 1. The van der Waals surface area contributed by atoms with Gasteiger partial charge in [-0.2, -0.15) is 0 Å². The first kappa shape index (κ1) is 9.25. The lowest BCUT2D eigenvalue weighted by Gasteiger charge is -2.07. The first-order valence-corrected chi connectivity index (χ1v) is 5.14. The number of ketones is 1. The van der Waals surface area contributed by atoms with Crippen LogP contribution in [0, 0.1) is 0 Å². The van der Waals surface area contributed by atoms with Crippen molar-refractivity contribution in [3.63, 3.8) is 0 Å². The molecule has 2 nitrogen and oxygen atoms in total. The zero-order valence-electron chi connectivity index (χ0n) is 8.49. The van der Waals surface area contributed by atoms with Crippen LogP contribution in [0.4, 0.5) is 0 Å². The minimum Gasteiger partial charge on any atom is -0.349 e. The third-order valence-corrected chi connectivity index (χ3v) is 2.66. The third-order valence-electron chi connectivity index (χ3n) is 2.66. The molecule has 0 spiro atoms. The Balaban J connectivity index is 2.26. The first-order valence-electron chi connectivity index (χ1n) is 5.14. The van der Waals surface area contributed by atoms with Gasteiger partial charge in [0, 0.05) is 30.9 Å². The van der Waals surface area contributed by atoms with Gasteiger partial charge in [-0.3, -0.25) is 4.79 Å². The number of allylic oxidation sites excluding steroid dienone is 2. The normalized spacial score (nSPS) is 16.2. The van der Waals surface area contributed by atoms with Gasteiger partial charge < -0.3 is 4.57 Å². The fourth-order valence-corrected chi connectivity index (χ4v) is 1.91. The predicted octanol–water partition coefficient (Wildman–Crippen LogP) is 2.58. The van der Waals surface area contributed by atoms with E-state index in [4.69, 9.17) is 0 Å². The van der Waals surface area contributed by atoms with Crippen molar-refractivity contribution in [3.05, 3.63) is 35.7 Å². The Morgan fingerprint density at radius 1 is 1.43 bits per heavy atom. The molecule has 14 heavy (non-hydrogen) atoms. The van der Waals surface area contributed by atoms with E-state index in [1.54, 1.807) is 0 Å². The van der Waals surface area contributed by atoms with Crippen molar-refractivity contribution in [1.29, 1.82) is 0 Å². The maximum Gasteiger partial charge on any atom is 0.164 e. The Morgan fingerprint density at radius 2 is 2.29 bits per heavy atom. The topological polar surface area (TPSA) is 22.0 Å². The van der Waals surface area contributed by atoms with Crippen LogP contribution in [0.5, 0.6) is 0 Å². The second-order valence-corrected chi connectivity index (χ2v) is 3.74. The van der Waals surface area contributed by atoms with Gasteiger partial charge in [0.15, 0.2) is 5.78 Å². The SMILES string of the molecule is C/C=C/Cn1cc2c(c1)C(=O)CCC2. The summed E-state index contributed by atoms with van der Waals surface area (Å²) in [4.78, 5) is 11.5. The minimum absolute atomic E-state index is 0.311. The van der Waals surface area contributed by atoms with E-state index >= 15 is 0 Å². The summed E-state index contributed by atoms with van der Waals surface area (Å²) in [6.45, 7) is 2.88. The van der Waals surface area contributed by atoms with Gasteiger partial charge in [0.1, 0.15) is 0 Å². The number of aryl methyl sites for hydroxylation is 1. The number of carbonyl (C=O) groups excluding carboxylic acids is 1. The Labute approximate surface area is 84.2 Å². The Hall–Kier alpha value is -1.31. The Kier molecular flexibility index (Phi) is 2.53. The average molecular weight is 189 g/mol. The highest BCUT2D eigenvalue weighted by Gasteiger charge is 2.18. The summed E-state index contributed by atoms with van der Waals surface area (Å²) in [5.74, 6) is 0.311. The predicted molar refractivity (Wildman–Crippen MR) is 56.5 cm³/mol.